The van der Waals surface area contributed by atoms with Gasteiger partial charge < -0.3 is 0 Å². The summed E-state index contributed by atoms with van der Waals surface area (Å²) in [5.74, 6) is 0. The number of hydrogen-bond donors (Lipinski definition) is 1. The molecular formula is C15H24ClNNaO2S+. The fourth-order valence-electron chi connectivity index (χ4n) is 2.17. The molecule has 1 aromatic rings. The van der Waals surface area contributed by atoms with E-state index >= 15 is 0 Å². The van der Waals surface area contributed by atoms with Gasteiger partial charge in [-0.25, -0.2) is 8.42 Å². The van der Waals surface area contributed by atoms with Crippen LogP contribution in [0.15, 0.2) is 29.2 Å². The Morgan fingerprint density at radius 1 is 0.952 bits per heavy atom. The van der Waals surface area contributed by atoms with Crippen LogP contribution in [-0.2, 0) is 16.4 Å². The fourth-order valence-corrected chi connectivity index (χ4v) is 3.02. The van der Waals surface area contributed by atoms with E-state index in [0.717, 1.165) is 12.8 Å². The second-order valence-corrected chi connectivity index (χ2v) is 7.19. The number of hydrogen-bond acceptors (Lipinski definition) is 2. The molecule has 0 aliphatic carbocycles. The predicted octanol–water partition coefficient (Wildman–Crippen LogP) is 1.42. The van der Waals surface area contributed by atoms with Crippen LogP contribution in [0.3, 0.4) is 0 Å². The SMILES string of the molecule is CCCCCCCCCc1ccc(S(=O)(=O)NCl)cc1.[Na+]. The van der Waals surface area contributed by atoms with Gasteiger partial charge in [-0.2, -0.15) is 0 Å². The minimum atomic E-state index is -3.54. The van der Waals surface area contributed by atoms with Crippen molar-refractivity contribution in [1.29, 1.82) is 0 Å². The predicted molar refractivity (Wildman–Crippen MR) is 84.3 cm³/mol. The number of aryl methyl sites for hydroxylation is 1. The largest absolute Gasteiger partial charge is 1.00 e. The molecule has 1 N–H and O–H groups in total. The van der Waals surface area contributed by atoms with Crippen molar-refractivity contribution in [1.82, 2.24) is 4.24 Å². The molecule has 0 spiro atoms. The van der Waals surface area contributed by atoms with E-state index in [9.17, 15) is 8.42 Å². The van der Waals surface area contributed by atoms with E-state index in [1.54, 1.807) is 16.4 Å². The summed E-state index contributed by atoms with van der Waals surface area (Å²) in [5, 5.41) is 0. The molecule has 0 radical (unpaired) electrons. The molecule has 1 aromatic carbocycles. The van der Waals surface area contributed by atoms with Crippen molar-refractivity contribution in [2.45, 2.75) is 63.2 Å². The molecule has 6 heteroatoms. The molecule has 0 fully saturated rings. The Morgan fingerprint density at radius 2 is 1.48 bits per heavy atom. The summed E-state index contributed by atoms with van der Waals surface area (Å²) in [7, 11) is -3.54. The van der Waals surface area contributed by atoms with Crippen molar-refractivity contribution in [3.63, 3.8) is 0 Å². The number of nitrogens with one attached hydrogen (secondary N) is 1. The van der Waals surface area contributed by atoms with Crippen LogP contribution < -0.4 is 33.8 Å². The van der Waals surface area contributed by atoms with Crippen LogP contribution in [0.2, 0.25) is 0 Å². The molecular weight excluding hydrogens is 317 g/mol. The summed E-state index contributed by atoms with van der Waals surface area (Å²) >= 11 is 5.18. The standard InChI is InChI=1S/C15H24ClNO2S.Na/c1-2-3-4-5-6-7-8-9-14-10-12-15(13-11-14)20(18,19)17-16;/h10-13,17H,2-9H2,1H3;/q;+1. The van der Waals surface area contributed by atoms with Crippen LogP contribution in [0.25, 0.3) is 0 Å². The van der Waals surface area contributed by atoms with Crippen LogP contribution in [0.5, 0.6) is 0 Å². The molecule has 0 heterocycles. The molecule has 0 unspecified atom stereocenters. The first kappa shape index (κ1) is 21.4. The smallest absolute Gasteiger partial charge is 0.206 e. The molecule has 0 bridgehead atoms. The second-order valence-electron chi connectivity index (χ2n) is 5.10. The van der Waals surface area contributed by atoms with Gasteiger partial charge in [-0.1, -0.05) is 57.6 Å². The first-order valence-corrected chi connectivity index (χ1v) is 9.17. The maximum atomic E-state index is 11.5. The van der Waals surface area contributed by atoms with Gasteiger partial charge in [-0.05, 0) is 42.3 Å². The van der Waals surface area contributed by atoms with Crippen LogP contribution in [0.1, 0.15) is 57.4 Å². The van der Waals surface area contributed by atoms with E-state index < -0.39 is 10.0 Å². The van der Waals surface area contributed by atoms with Crippen molar-refractivity contribution >= 4 is 21.8 Å². The molecule has 114 valence electrons. The summed E-state index contributed by atoms with van der Waals surface area (Å²) in [6.07, 6.45) is 9.99. The Balaban J connectivity index is 0.00000400. The quantitative estimate of drug-likeness (QED) is 0.398. The molecule has 3 nitrogen and oxygen atoms in total. The van der Waals surface area contributed by atoms with Gasteiger partial charge in [0.2, 0.25) is 0 Å². The topological polar surface area (TPSA) is 46.2 Å². The van der Waals surface area contributed by atoms with Crippen LogP contribution in [0, 0.1) is 0 Å². The maximum absolute atomic E-state index is 11.5. The molecule has 21 heavy (non-hydrogen) atoms. The van der Waals surface area contributed by atoms with Crippen molar-refractivity contribution in [3.8, 4) is 0 Å². The van der Waals surface area contributed by atoms with Crippen LogP contribution >= 0.6 is 11.8 Å². The third-order valence-corrected chi connectivity index (χ3v) is 5.11. The van der Waals surface area contributed by atoms with Crippen molar-refractivity contribution in [2.24, 2.45) is 0 Å². The molecule has 0 saturated heterocycles. The fraction of sp³-hybridized carbons (Fsp3) is 0.600. The first-order chi connectivity index (χ1) is 9.60. The summed E-state index contributed by atoms with van der Waals surface area (Å²) in [5.41, 5.74) is 1.17. The third kappa shape index (κ3) is 8.58. The maximum Gasteiger partial charge on any atom is 1.00 e. The molecule has 1 rings (SSSR count). The summed E-state index contributed by atoms with van der Waals surface area (Å²) in [4.78, 5) is 0.204. The Labute approximate surface area is 156 Å². The molecule has 0 amide bonds. The van der Waals surface area contributed by atoms with Gasteiger partial charge >= 0.3 is 29.6 Å². The average Bonchev–Trinajstić information content (AvgIpc) is 2.47. The van der Waals surface area contributed by atoms with E-state index in [2.05, 4.69) is 6.92 Å². The van der Waals surface area contributed by atoms with E-state index in [1.165, 1.54) is 44.1 Å². The zero-order valence-electron chi connectivity index (χ0n) is 13.1. The van der Waals surface area contributed by atoms with Gasteiger partial charge in [-0.3, -0.25) is 0 Å². The number of rotatable bonds is 10. The second kappa shape index (κ2) is 11.9. The van der Waals surface area contributed by atoms with E-state index in [0.29, 0.717) is 0 Å². The van der Waals surface area contributed by atoms with Gasteiger partial charge in [0.25, 0.3) is 10.0 Å². The molecule has 0 aliphatic rings. The number of benzene rings is 1. The third-order valence-electron chi connectivity index (χ3n) is 3.40. The van der Waals surface area contributed by atoms with E-state index in [4.69, 9.17) is 11.8 Å². The first-order valence-electron chi connectivity index (χ1n) is 7.31. The summed E-state index contributed by atoms with van der Waals surface area (Å²) in [6, 6.07) is 6.92. The molecule has 0 aromatic heterocycles. The van der Waals surface area contributed by atoms with E-state index in [1.807, 2.05) is 12.1 Å². The van der Waals surface area contributed by atoms with Gasteiger partial charge in [0.1, 0.15) is 0 Å². The Bertz CT molecular complexity index is 477. The normalized spacial score (nSPS) is 11.1. The molecule has 0 atom stereocenters. The van der Waals surface area contributed by atoms with Gasteiger partial charge in [0.15, 0.2) is 0 Å². The number of unbranched alkanes of at least 4 members (excludes halogenated alkanes) is 6. The summed E-state index contributed by atoms with van der Waals surface area (Å²) < 4.78 is 24.7. The molecule has 0 saturated carbocycles. The van der Waals surface area contributed by atoms with Gasteiger partial charge in [0, 0.05) is 0 Å². The Morgan fingerprint density at radius 3 is 2.00 bits per heavy atom. The molecule has 0 aliphatic heterocycles. The zero-order chi connectivity index (χ0) is 14.8. The summed E-state index contributed by atoms with van der Waals surface area (Å²) in [6.45, 7) is 2.23. The minimum absolute atomic E-state index is 0. The van der Waals surface area contributed by atoms with Gasteiger partial charge in [-0.15, -0.1) is 4.24 Å². The Hall–Kier alpha value is 0.420. The number of halogens is 1. The zero-order valence-corrected chi connectivity index (χ0v) is 16.6. The van der Waals surface area contributed by atoms with E-state index in [-0.39, 0.29) is 34.5 Å². The van der Waals surface area contributed by atoms with Crippen LogP contribution in [-0.4, -0.2) is 8.42 Å². The van der Waals surface area contributed by atoms with Crippen molar-refractivity contribution < 1.29 is 38.0 Å². The number of sulfonamides is 1. The van der Waals surface area contributed by atoms with Crippen LogP contribution in [0.4, 0.5) is 0 Å². The monoisotopic (exact) mass is 340 g/mol. The van der Waals surface area contributed by atoms with Crippen molar-refractivity contribution in [3.05, 3.63) is 29.8 Å². The van der Waals surface area contributed by atoms with Gasteiger partial charge in [0.05, 0.1) is 4.90 Å². The Kier molecular flexibility index (Phi) is 12.2. The van der Waals surface area contributed by atoms with Crippen molar-refractivity contribution in [2.75, 3.05) is 0 Å². The minimum Gasteiger partial charge on any atom is -0.206 e. The average molecular weight is 341 g/mol.